The third-order valence-corrected chi connectivity index (χ3v) is 3.20. The third-order valence-electron chi connectivity index (χ3n) is 3.20. The van der Waals surface area contributed by atoms with E-state index in [1.54, 1.807) is 7.05 Å². The molecule has 0 aromatic carbocycles. The van der Waals surface area contributed by atoms with Crippen molar-refractivity contribution in [2.24, 2.45) is 17.2 Å². The van der Waals surface area contributed by atoms with Gasteiger partial charge in [0.05, 0.1) is 7.11 Å². The molecule has 0 radical (unpaired) electrons. The van der Waals surface area contributed by atoms with Gasteiger partial charge in [-0.1, -0.05) is 6.42 Å². The summed E-state index contributed by atoms with van der Waals surface area (Å²) in [6.07, 6.45) is 2.15. The van der Waals surface area contributed by atoms with Crippen LogP contribution in [0.5, 0.6) is 0 Å². The molecule has 0 saturated carbocycles. The van der Waals surface area contributed by atoms with Gasteiger partial charge in [0.25, 0.3) is 0 Å². The maximum Gasteiger partial charge on any atom is 0.326 e. The summed E-state index contributed by atoms with van der Waals surface area (Å²) >= 11 is 0. The second kappa shape index (κ2) is 12.6. The summed E-state index contributed by atoms with van der Waals surface area (Å²) in [4.78, 5) is 34.6. The molecule has 0 fully saturated rings. The molecule has 0 aliphatic rings. The lowest BCUT2D eigenvalue weighted by Crippen LogP contribution is -2.43. The Kier molecular flexibility index (Phi) is 11.7. The Bertz CT molecular complexity index is 407. The van der Waals surface area contributed by atoms with Gasteiger partial charge in [-0.3, -0.25) is 14.4 Å². The predicted octanol–water partition coefficient (Wildman–Crippen LogP) is -2.38. The van der Waals surface area contributed by atoms with Gasteiger partial charge in [-0.25, -0.2) is 0 Å². The second-order valence-electron chi connectivity index (χ2n) is 5.12. The van der Waals surface area contributed by atoms with Gasteiger partial charge in [0, 0.05) is 0 Å². The highest BCUT2D eigenvalue weighted by atomic mass is 16.6. The van der Waals surface area contributed by atoms with E-state index >= 15 is 0 Å². The van der Waals surface area contributed by atoms with Crippen LogP contribution < -0.4 is 22.5 Å². The van der Waals surface area contributed by atoms with Crippen LogP contribution in [-0.4, -0.2) is 69.9 Å². The number of hydrogen-bond acceptors (Lipinski definition) is 10. The number of nitrogens with two attached hydrogens (primary N) is 3. The number of carbonyl (C=O) groups is 3. The molecule has 0 spiro atoms. The van der Waals surface area contributed by atoms with Crippen molar-refractivity contribution < 1.29 is 28.6 Å². The van der Waals surface area contributed by atoms with Gasteiger partial charge in [0.2, 0.25) is 0 Å². The molecule has 0 saturated heterocycles. The van der Waals surface area contributed by atoms with E-state index < -0.39 is 36.0 Å². The molecule has 10 nitrogen and oxygen atoms in total. The van der Waals surface area contributed by atoms with Gasteiger partial charge >= 0.3 is 17.9 Å². The first-order valence-corrected chi connectivity index (χ1v) is 7.66. The van der Waals surface area contributed by atoms with Crippen LogP contribution in [0.1, 0.15) is 19.3 Å². The molecule has 0 bridgehead atoms. The number of unbranched alkanes of at least 4 members (excludes halogenated alkanes) is 1. The van der Waals surface area contributed by atoms with Crippen LogP contribution in [0.15, 0.2) is 0 Å². The van der Waals surface area contributed by atoms with Crippen molar-refractivity contribution in [3.63, 3.8) is 0 Å². The van der Waals surface area contributed by atoms with Gasteiger partial charge in [-0.2, -0.15) is 0 Å². The Morgan fingerprint density at radius 1 is 0.958 bits per heavy atom. The van der Waals surface area contributed by atoms with Crippen molar-refractivity contribution in [2.75, 3.05) is 33.9 Å². The lowest BCUT2D eigenvalue weighted by Gasteiger charge is -2.17. The molecule has 7 N–H and O–H groups in total. The molecule has 0 amide bonds. The van der Waals surface area contributed by atoms with Crippen molar-refractivity contribution in [1.29, 1.82) is 0 Å². The van der Waals surface area contributed by atoms with Crippen molar-refractivity contribution in [1.82, 2.24) is 5.32 Å². The average molecular weight is 348 g/mol. The zero-order valence-corrected chi connectivity index (χ0v) is 14.2. The fraction of sp³-hybridized carbons (Fsp3) is 0.786. The van der Waals surface area contributed by atoms with Gasteiger partial charge < -0.3 is 36.7 Å². The molecular weight excluding hydrogens is 320 g/mol. The quantitative estimate of drug-likeness (QED) is 0.170. The molecule has 0 aromatic heterocycles. The lowest BCUT2D eigenvalue weighted by atomic mass is 10.1. The SMILES string of the molecule is CN[C@@H](CCCCN)C(=O)OCC(N)C(=O)OCC(N)C(=O)OC. The number of methoxy groups -OCH3 is 1. The van der Waals surface area contributed by atoms with Gasteiger partial charge in [-0.05, 0) is 26.4 Å². The van der Waals surface area contributed by atoms with E-state index in [9.17, 15) is 14.4 Å². The van der Waals surface area contributed by atoms with Crippen molar-refractivity contribution in [2.45, 2.75) is 37.4 Å². The summed E-state index contributed by atoms with van der Waals surface area (Å²) in [6.45, 7) is -0.151. The molecule has 140 valence electrons. The van der Waals surface area contributed by atoms with E-state index in [1.807, 2.05) is 0 Å². The Morgan fingerprint density at radius 2 is 1.50 bits per heavy atom. The van der Waals surface area contributed by atoms with Crippen LogP contribution in [0.4, 0.5) is 0 Å². The van der Waals surface area contributed by atoms with Crippen molar-refractivity contribution >= 4 is 17.9 Å². The highest BCUT2D eigenvalue weighted by molar-refractivity contribution is 5.79. The topological polar surface area (TPSA) is 169 Å². The summed E-state index contributed by atoms with van der Waals surface area (Å²) in [5.41, 5.74) is 16.4. The minimum absolute atomic E-state index is 0.333. The maximum atomic E-state index is 11.9. The van der Waals surface area contributed by atoms with E-state index in [0.29, 0.717) is 13.0 Å². The molecule has 2 unspecified atom stereocenters. The van der Waals surface area contributed by atoms with Crippen LogP contribution in [0.3, 0.4) is 0 Å². The number of nitrogens with one attached hydrogen (secondary N) is 1. The van der Waals surface area contributed by atoms with Crippen molar-refractivity contribution in [3.05, 3.63) is 0 Å². The Balaban J connectivity index is 4.16. The number of likely N-dealkylation sites (N-methyl/N-ethyl adjacent to an activating group) is 1. The molecule has 0 aliphatic heterocycles. The number of esters is 3. The smallest absolute Gasteiger partial charge is 0.326 e. The average Bonchev–Trinajstić information content (AvgIpc) is 2.59. The van der Waals surface area contributed by atoms with E-state index in [0.717, 1.165) is 12.8 Å². The normalized spacial score (nSPS) is 14.4. The predicted molar refractivity (Wildman–Crippen MR) is 85.6 cm³/mol. The molecule has 0 aliphatic carbocycles. The molecular formula is C14H28N4O6. The van der Waals surface area contributed by atoms with Crippen LogP contribution in [-0.2, 0) is 28.6 Å². The van der Waals surface area contributed by atoms with E-state index in [4.69, 9.17) is 26.7 Å². The molecule has 0 heterocycles. The highest BCUT2D eigenvalue weighted by Crippen LogP contribution is 2.03. The summed E-state index contributed by atoms with van der Waals surface area (Å²) in [7, 11) is 2.80. The summed E-state index contributed by atoms with van der Waals surface area (Å²) in [5.74, 6) is -2.05. The Morgan fingerprint density at radius 3 is 2.00 bits per heavy atom. The molecule has 10 heteroatoms. The molecule has 0 aromatic rings. The monoisotopic (exact) mass is 348 g/mol. The minimum Gasteiger partial charge on any atom is -0.468 e. The van der Waals surface area contributed by atoms with Crippen LogP contribution in [0.25, 0.3) is 0 Å². The summed E-state index contributed by atoms with van der Waals surface area (Å²) in [5, 5.41) is 2.83. The third kappa shape index (κ3) is 8.77. The first-order valence-electron chi connectivity index (χ1n) is 7.66. The second-order valence-corrected chi connectivity index (χ2v) is 5.12. The molecule has 0 rings (SSSR count). The van der Waals surface area contributed by atoms with Crippen LogP contribution in [0.2, 0.25) is 0 Å². The first kappa shape index (κ1) is 22.2. The number of rotatable bonds is 12. The zero-order chi connectivity index (χ0) is 18.5. The minimum atomic E-state index is -1.17. The first-order chi connectivity index (χ1) is 11.4. The Labute approximate surface area is 141 Å². The van der Waals surface area contributed by atoms with Crippen LogP contribution in [0, 0.1) is 0 Å². The number of hydrogen-bond donors (Lipinski definition) is 4. The molecule has 3 atom stereocenters. The van der Waals surface area contributed by atoms with Crippen LogP contribution >= 0.6 is 0 Å². The van der Waals surface area contributed by atoms with E-state index in [1.165, 1.54) is 7.11 Å². The van der Waals surface area contributed by atoms with E-state index in [2.05, 4.69) is 10.1 Å². The Hall–Kier alpha value is -1.75. The summed E-state index contributed by atoms with van der Waals surface area (Å²) in [6, 6.07) is -2.75. The lowest BCUT2D eigenvalue weighted by molar-refractivity contribution is -0.154. The number of carbonyl (C=O) groups excluding carboxylic acids is 3. The largest absolute Gasteiger partial charge is 0.468 e. The highest BCUT2D eigenvalue weighted by Gasteiger charge is 2.23. The standard InChI is InChI=1S/C14H28N4O6/c1-18-11(5-3-4-6-15)14(21)24-8-10(17)13(20)23-7-9(16)12(19)22-2/h9-11,18H,3-8,15-17H2,1-2H3/t9?,10?,11-/m0/s1. The van der Waals surface area contributed by atoms with Crippen molar-refractivity contribution in [3.8, 4) is 0 Å². The van der Waals surface area contributed by atoms with E-state index in [-0.39, 0.29) is 13.2 Å². The van der Waals surface area contributed by atoms with Gasteiger partial charge in [-0.15, -0.1) is 0 Å². The zero-order valence-electron chi connectivity index (χ0n) is 14.2. The number of ether oxygens (including phenoxy) is 3. The maximum absolute atomic E-state index is 11.9. The van der Waals surface area contributed by atoms with Gasteiger partial charge in [0.1, 0.15) is 31.3 Å². The summed E-state index contributed by atoms with van der Waals surface area (Å²) < 4.78 is 14.2. The fourth-order valence-electron chi connectivity index (χ4n) is 1.71. The fourth-order valence-corrected chi connectivity index (χ4v) is 1.71. The van der Waals surface area contributed by atoms with Gasteiger partial charge in [0.15, 0.2) is 0 Å². The molecule has 24 heavy (non-hydrogen) atoms.